The predicted octanol–water partition coefficient (Wildman–Crippen LogP) is 2.91. The Labute approximate surface area is 155 Å². The fourth-order valence-corrected chi connectivity index (χ4v) is 3.41. The van der Waals surface area contributed by atoms with Gasteiger partial charge < -0.3 is 9.32 Å². The number of benzene rings is 1. The summed E-state index contributed by atoms with van der Waals surface area (Å²) in [5.41, 5.74) is 0.989. The molecule has 140 valence electrons. The van der Waals surface area contributed by atoms with Crippen molar-refractivity contribution >= 4 is 5.91 Å². The minimum absolute atomic E-state index is 0.0240. The Morgan fingerprint density at radius 3 is 2.89 bits per heavy atom. The van der Waals surface area contributed by atoms with Crippen LogP contribution in [-0.4, -0.2) is 37.3 Å². The van der Waals surface area contributed by atoms with Crippen LogP contribution in [0.3, 0.4) is 0 Å². The van der Waals surface area contributed by atoms with E-state index >= 15 is 0 Å². The standard InChI is InChI=1S/C19H20FN5O2/c1-24-11-9-13(23-24)12-17(26)25-10-5-4-8-16(25)19-22-21-18(27-19)14-6-2-3-7-15(14)20/h2-3,6-7,9,11,16H,4-5,8,10,12H2,1H3/t16-/m0/s1. The zero-order valence-electron chi connectivity index (χ0n) is 15.0. The third-order valence-corrected chi connectivity index (χ3v) is 4.75. The van der Waals surface area contributed by atoms with Crippen molar-refractivity contribution in [3.63, 3.8) is 0 Å². The van der Waals surface area contributed by atoms with E-state index in [1.165, 1.54) is 6.07 Å². The van der Waals surface area contributed by atoms with Crippen molar-refractivity contribution in [1.29, 1.82) is 0 Å². The summed E-state index contributed by atoms with van der Waals surface area (Å²) >= 11 is 0. The number of hydrogen-bond donors (Lipinski definition) is 0. The van der Waals surface area contributed by atoms with Gasteiger partial charge in [-0.2, -0.15) is 5.10 Å². The van der Waals surface area contributed by atoms with E-state index in [1.807, 2.05) is 19.3 Å². The highest BCUT2D eigenvalue weighted by atomic mass is 19.1. The Bertz CT molecular complexity index is 951. The van der Waals surface area contributed by atoms with Crippen molar-refractivity contribution in [2.24, 2.45) is 7.05 Å². The summed E-state index contributed by atoms with van der Waals surface area (Å²) in [5, 5.41) is 12.4. The topological polar surface area (TPSA) is 77.0 Å². The summed E-state index contributed by atoms with van der Waals surface area (Å²) in [6.45, 7) is 0.633. The zero-order valence-corrected chi connectivity index (χ0v) is 15.0. The molecule has 8 heteroatoms. The number of aryl methyl sites for hydroxylation is 1. The Hall–Kier alpha value is -3.03. The second-order valence-electron chi connectivity index (χ2n) is 6.68. The molecule has 0 aliphatic carbocycles. The van der Waals surface area contributed by atoms with E-state index in [0.717, 1.165) is 25.0 Å². The molecule has 0 bridgehead atoms. The molecule has 7 nitrogen and oxygen atoms in total. The van der Waals surface area contributed by atoms with Crippen LogP contribution in [0.15, 0.2) is 40.9 Å². The van der Waals surface area contributed by atoms with Gasteiger partial charge in [0.15, 0.2) is 0 Å². The highest BCUT2D eigenvalue weighted by molar-refractivity contribution is 5.78. The van der Waals surface area contributed by atoms with Crippen molar-refractivity contribution in [2.75, 3.05) is 6.54 Å². The molecule has 1 amide bonds. The van der Waals surface area contributed by atoms with Gasteiger partial charge in [-0.05, 0) is 37.5 Å². The van der Waals surface area contributed by atoms with Crippen LogP contribution in [0, 0.1) is 5.82 Å². The highest BCUT2D eigenvalue weighted by Crippen LogP contribution is 2.32. The summed E-state index contributed by atoms with van der Waals surface area (Å²) < 4.78 is 21.4. The third kappa shape index (κ3) is 3.60. The lowest BCUT2D eigenvalue weighted by Crippen LogP contribution is -2.39. The smallest absolute Gasteiger partial charge is 0.250 e. The normalized spacial score (nSPS) is 17.3. The van der Waals surface area contributed by atoms with E-state index in [-0.39, 0.29) is 29.8 Å². The molecular weight excluding hydrogens is 349 g/mol. The van der Waals surface area contributed by atoms with Gasteiger partial charge in [0.25, 0.3) is 5.89 Å². The quantitative estimate of drug-likeness (QED) is 0.707. The molecule has 1 atom stereocenters. The monoisotopic (exact) mass is 369 g/mol. The van der Waals surface area contributed by atoms with E-state index < -0.39 is 5.82 Å². The predicted molar refractivity (Wildman–Crippen MR) is 94.9 cm³/mol. The molecular formula is C19H20FN5O2. The van der Waals surface area contributed by atoms with Crippen LogP contribution in [-0.2, 0) is 18.3 Å². The maximum Gasteiger partial charge on any atom is 0.250 e. The van der Waals surface area contributed by atoms with E-state index in [4.69, 9.17) is 4.42 Å². The Kier molecular flexibility index (Phi) is 4.70. The number of likely N-dealkylation sites (tertiary alicyclic amines) is 1. The molecule has 3 heterocycles. The first-order chi connectivity index (χ1) is 13.1. The van der Waals surface area contributed by atoms with Gasteiger partial charge in [-0.25, -0.2) is 4.39 Å². The molecule has 4 rings (SSSR count). The van der Waals surface area contributed by atoms with E-state index in [2.05, 4.69) is 15.3 Å². The number of carbonyl (C=O) groups is 1. The lowest BCUT2D eigenvalue weighted by molar-refractivity contribution is -0.135. The number of halogens is 1. The minimum atomic E-state index is -0.417. The average Bonchev–Trinajstić information content (AvgIpc) is 3.31. The summed E-state index contributed by atoms with van der Waals surface area (Å²) in [4.78, 5) is 14.6. The molecule has 0 radical (unpaired) electrons. The van der Waals surface area contributed by atoms with Gasteiger partial charge in [-0.3, -0.25) is 9.48 Å². The van der Waals surface area contributed by atoms with Gasteiger partial charge in [0.2, 0.25) is 11.8 Å². The lowest BCUT2D eigenvalue weighted by Gasteiger charge is -2.33. The van der Waals surface area contributed by atoms with Gasteiger partial charge in [-0.15, -0.1) is 10.2 Å². The second kappa shape index (κ2) is 7.30. The number of aromatic nitrogens is 4. The maximum absolute atomic E-state index is 14.0. The molecule has 0 spiro atoms. The van der Waals surface area contributed by atoms with Crippen molar-refractivity contribution < 1.29 is 13.6 Å². The fraction of sp³-hybridized carbons (Fsp3) is 0.368. The van der Waals surface area contributed by atoms with Crippen LogP contribution in [0.25, 0.3) is 11.5 Å². The van der Waals surface area contributed by atoms with Gasteiger partial charge in [-0.1, -0.05) is 12.1 Å². The van der Waals surface area contributed by atoms with Crippen LogP contribution in [0.5, 0.6) is 0 Å². The van der Waals surface area contributed by atoms with Crippen LogP contribution in [0.4, 0.5) is 4.39 Å². The Morgan fingerprint density at radius 2 is 2.11 bits per heavy atom. The van der Waals surface area contributed by atoms with Gasteiger partial charge in [0.1, 0.15) is 11.9 Å². The van der Waals surface area contributed by atoms with Crippen LogP contribution < -0.4 is 0 Å². The molecule has 0 saturated carbocycles. The number of nitrogens with zero attached hydrogens (tertiary/aromatic N) is 5. The summed E-state index contributed by atoms with van der Waals surface area (Å²) in [6.07, 6.45) is 4.68. The minimum Gasteiger partial charge on any atom is -0.418 e. The van der Waals surface area contributed by atoms with Crippen molar-refractivity contribution in [3.8, 4) is 11.5 Å². The summed E-state index contributed by atoms with van der Waals surface area (Å²) in [6, 6.07) is 7.81. The number of piperidine rings is 1. The average molecular weight is 369 g/mol. The highest BCUT2D eigenvalue weighted by Gasteiger charge is 2.32. The molecule has 1 aliphatic heterocycles. The number of hydrogen-bond acceptors (Lipinski definition) is 5. The maximum atomic E-state index is 14.0. The van der Waals surface area contributed by atoms with E-state index in [9.17, 15) is 9.18 Å². The van der Waals surface area contributed by atoms with E-state index in [1.54, 1.807) is 27.8 Å². The van der Waals surface area contributed by atoms with Crippen molar-refractivity contribution in [3.05, 3.63) is 53.9 Å². The molecule has 0 N–H and O–H groups in total. The van der Waals surface area contributed by atoms with Gasteiger partial charge in [0.05, 0.1) is 17.7 Å². The third-order valence-electron chi connectivity index (χ3n) is 4.75. The van der Waals surface area contributed by atoms with Crippen LogP contribution in [0.2, 0.25) is 0 Å². The van der Waals surface area contributed by atoms with Crippen molar-refractivity contribution in [2.45, 2.75) is 31.7 Å². The Morgan fingerprint density at radius 1 is 1.26 bits per heavy atom. The molecule has 0 unspecified atom stereocenters. The first kappa shape index (κ1) is 17.4. The zero-order chi connectivity index (χ0) is 18.8. The fourth-order valence-electron chi connectivity index (χ4n) is 3.41. The summed E-state index contributed by atoms with van der Waals surface area (Å²) in [5.74, 6) is 0.0385. The van der Waals surface area contributed by atoms with Crippen molar-refractivity contribution in [1.82, 2.24) is 24.9 Å². The molecule has 1 saturated heterocycles. The first-order valence-electron chi connectivity index (χ1n) is 8.98. The first-order valence-corrected chi connectivity index (χ1v) is 8.98. The SMILES string of the molecule is Cn1ccc(CC(=O)N2CCCC[C@H]2c2nnc(-c3ccccc3F)o2)n1. The lowest BCUT2D eigenvalue weighted by atomic mass is 10.0. The molecule has 27 heavy (non-hydrogen) atoms. The molecule has 1 aromatic carbocycles. The van der Waals surface area contributed by atoms with Crippen LogP contribution in [0.1, 0.15) is 36.9 Å². The molecule has 3 aromatic rings. The largest absolute Gasteiger partial charge is 0.418 e. The molecule has 2 aromatic heterocycles. The van der Waals surface area contributed by atoms with Gasteiger partial charge in [0, 0.05) is 19.8 Å². The Balaban J connectivity index is 1.56. The van der Waals surface area contributed by atoms with E-state index in [0.29, 0.717) is 12.4 Å². The molecule has 1 aliphatic rings. The number of carbonyl (C=O) groups excluding carboxylic acids is 1. The van der Waals surface area contributed by atoms with Crippen LogP contribution >= 0.6 is 0 Å². The second-order valence-corrected chi connectivity index (χ2v) is 6.68. The van der Waals surface area contributed by atoms with Gasteiger partial charge >= 0.3 is 0 Å². The number of amides is 1. The number of rotatable bonds is 4. The summed E-state index contributed by atoms with van der Waals surface area (Å²) in [7, 11) is 1.82. The molecule has 1 fully saturated rings.